The fourth-order valence-corrected chi connectivity index (χ4v) is 5.09. The van der Waals surface area contributed by atoms with E-state index in [-0.39, 0.29) is 18.0 Å². The van der Waals surface area contributed by atoms with Crippen LogP contribution in [-0.2, 0) is 16.1 Å². The van der Waals surface area contributed by atoms with E-state index in [0.717, 1.165) is 31.4 Å². The molecule has 5 rings (SSSR count). The number of esters is 1. The zero-order chi connectivity index (χ0) is 21.9. The Balaban J connectivity index is 1.43. The summed E-state index contributed by atoms with van der Waals surface area (Å²) in [5, 5.41) is 4.91. The summed E-state index contributed by atoms with van der Waals surface area (Å²) < 4.78 is 12.0. The van der Waals surface area contributed by atoms with Crippen LogP contribution in [0, 0.1) is 0 Å². The fraction of sp³-hybridized carbons (Fsp3) is 0.276. The van der Waals surface area contributed by atoms with Crippen LogP contribution in [0.15, 0.2) is 78.9 Å². The molecule has 1 saturated carbocycles. The lowest BCUT2D eigenvalue weighted by molar-refractivity contribution is -0.148. The van der Waals surface area contributed by atoms with E-state index in [1.807, 2.05) is 12.1 Å². The number of hydrogen-bond donors (Lipinski definition) is 0. The Morgan fingerprint density at radius 1 is 0.844 bits per heavy atom. The molecule has 4 aromatic carbocycles. The summed E-state index contributed by atoms with van der Waals surface area (Å²) in [5.74, 6) is 0.887. The highest BCUT2D eigenvalue weighted by Gasteiger charge is 2.29. The van der Waals surface area contributed by atoms with E-state index < -0.39 is 0 Å². The maximum absolute atomic E-state index is 11.6. The largest absolute Gasteiger partial charge is 0.489 e. The fourth-order valence-electron chi connectivity index (χ4n) is 5.09. The van der Waals surface area contributed by atoms with Gasteiger partial charge in [-0.3, -0.25) is 4.79 Å². The lowest BCUT2D eigenvalue weighted by Crippen LogP contribution is -2.27. The molecular formula is C29H28O3. The van der Waals surface area contributed by atoms with Gasteiger partial charge in [0.2, 0.25) is 0 Å². The molecule has 0 N–H and O–H groups in total. The van der Waals surface area contributed by atoms with Crippen LogP contribution in [0.4, 0.5) is 0 Å². The van der Waals surface area contributed by atoms with Crippen LogP contribution in [0.3, 0.4) is 0 Å². The molecule has 0 heterocycles. The number of hydrogen-bond acceptors (Lipinski definition) is 3. The molecule has 0 spiro atoms. The number of benzene rings is 4. The van der Waals surface area contributed by atoms with Gasteiger partial charge in [-0.05, 0) is 64.6 Å². The Bertz CT molecular complexity index is 1210. The molecule has 0 radical (unpaired) electrons. The molecule has 3 heteroatoms. The van der Waals surface area contributed by atoms with Gasteiger partial charge in [0, 0.05) is 18.4 Å². The Kier molecular flexibility index (Phi) is 5.81. The number of ether oxygens (including phenoxy) is 2. The van der Waals surface area contributed by atoms with Gasteiger partial charge in [0.05, 0.1) is 0 Å². The standard InChI is InChI=1S/C29H28O3/c1-20(30)32-29-16-7-6-15-27(29)23-11-8-12-24(18-23)31-19-28-25-13-4-2-9-21(25)17-22-10-3-5-14-26(22)28/h2-5,8-14,17-18,27,29H,6-7,15-16,19H2,1H3. The van der Waals surface area contributed by atoms with Crippen molar-refractivity contribution in [1.82, 2.24) is 0 Å². The van der Waals surface area contributed by atoms with Gasteiger partial charge in [0.1, 0.15) is 18.5 Å². The normalized spacial score (nSPS) is 18.5. The van der Waals surface area contributed by atoms with Gasteiger partial charge in [0.25, 0.3) is 0 Å². The van der Waals surface area contributed by atoms with E-state index in [9.17, 15) is 4.79 Å². The molecule has 0 aliphatic heterocycles. The van der Waals surface area contributed by atoms with E-state index in [0.29, 0.717) is 6.61 Å². The smallest absolute Gasteiger partial charge is 0.302 e. The first-order chi connectivity index (χ1) is 15.7. The third kappa shape index (κ3) is 4.20. The predicted molar refractivity (Wildman–Crippen MR) is 129 cm³/mol. The monoisotopic (exact) mass is 424 g/mol. The average Bonchev–Trinajstić information content (AvgIpc) is 2.82. The van der Waals surface area contributed by atoms with Crippen LogP contribution in [0.5, 0.6) is 5.75 Å². The first-order valence-electron chi connectivity index (χ1n) is 11.5. The summed E-state index contributed by atoms with van der Waals surface area (Å²) in [6, 6.07) is 27.5. The van der Waals surface area contributed by atoms with Gasteiger partial charge in [-0.1, -0.05) is 67.1 Å². The van der Waals surface area contributed by atoms with Gasteiger partial charge in [0.15, 0.2) is 0 Å². The Morgan fingerprint density at radius 2 is 1.53 bits per heavy atom. The predicted octanol–water partition coefficient (Wildman–Crippen LogP) is 7.16. The maximum Gasteiger partial charge on any atom is 0.302 e. The molecule has 2 atom stereocenters. The van der Waals surface area contributed by atoms with Crippen molar-refractivity contribution < 1.29 is 14.3 Å². The zero-order valence-electron chi connectivity index (χ0n) is 18.4. The first kappa shape index (κ1) is 20.6. The lowest BCUT2D eigenvalue weighted by atomic mass is 9.81. The number of carbonyl (C=O) groups excluding carboxylic acids is 1. The highest BCUT2D eigenvalue weighted by molar-refractivity contribution is 6.02. The highest BCUT2D eigenvalue weighted by atomic mass is 16.5. The van der Waals surface area contributed by atoms with Gasteiger partial charge in [-0.2, -0.15) is 0 Å². The third-order valence-corrected chi connectivity index (χ3v) is 6.57. The van der Waals surface area contributed by atoms with Gasteiger partial charge in [-0.15, -0.1) is 0 Å². The molecular weight excluding hydrogens is 396 g/mol. The van der Waals surface area contributed by atoms with Crippen LogP contribution in [0.25, 0.3) is 21.5 Å². The molecule has 0 saturated heterocycles. The van der Waals surface area contributed by atoms with Gasteiger partial charge in [-0.25, -0.2) is 0 Å². The minimum Gasteiger partial charge on any atom is -0.489 e. The third-order valence-electron chi connectivity index (χ3n) is 6.57. The van der Waals surface area contributed by atoms with Gasteiger partial charge < -0.3 is 9.47 Å². The van der Waals surface area contributed by atoms with E-state index in [2.05, 4.69) is 66.7 Å². The number of fused-ring (bicyclic) bond motifs is 2. The van der Waals surface area contributed by atoms with Gasteiger partial charge >= 0.3 is 5.97 Å². The van der Waals surface area contributed by atoms with Crippen LogP contribution in [0.1, 0.15) is 49.7 Å². The van der Waals surface area contributed by atoms with Crippen LogP contribution >= 0.6 is 0 Å². The van der Waals surface area contributed by atoms with Crippen molar-refractivity contribution in [3.63, 3.8) is 0 Å². The van der Waals surface area contributed by atoms with E-state index in [1.54, 1.807) is 0 Å². The Labute approximate surface area is 189 Å². The average molecular weight is 425 g/mol. The van der Waals surface area contributed by atoms with Crippen molar-refractivity contribution >= 4 is 27.5 Å². The molecule has 1 aliphatic carbocycles. The molecule has 1 aliphatic rings. The van der Waals surface area contributed by atoms with Crippen molar-refractivity contribution in [3.05, 3.63) is 90.0 Å². The van der Waals surface area contributed by atoms with Crippen molar-refractivity contribution in [2.24, 2.45) is 0 Å². The second kappa shape index (κ2) is 9.04. The Hall–Kier alpha value is -3.33. The van der Waals surface area contributed by atoms with Crippen LogP contribution < -0.4 is 4.74 Å². The van der Waals surface area contributed by atoms with Crippen molar-refractivity contribution in [1.29, 1.82) is 0 Å². The van der Waals surface area contributed by atoms with Crippen molar-refractivity contribution in [2.45, 2.75) is 51.2 Å². The number of rotatable bonds is 5. The van der Waals surface area contributed by atoms with E-state index in [1.165, 1.54) is 39.6 Å². The maximum atomic E-state index is 11.6. The minimum atomic E-state index is -0.197. The van der Waals surface area contributed by atoms with E-state index in [4.69, 9.17) is 9.47 Å². The molecule has 0 bridgehead atoms. The zero-order valence-corrected chi connectivity index (χ0v) is 18.4. The number of carbonyl (C=O) groups is 1. The second-order valence-corrected chi connectivity index (χ2v) is 8.70. The van der Waals surface area contributed by atoms with Crippen LogP contribution in [-0.4, -0.2) is 12.1 Å². The Morgan fingerprint density at radius 3 is 2.25 bits per heavy atom. The topological polar surface area (TPSA) is 35.5 Å². The molecule has 0 amide bonds. The second-order valence-electron chi connectivity index (χ2n) is 8.70. The summed E-state index contributed by atoms with van der Waals surface area (Å²) in [4.78, 5) is 11.6. The SMILES string of the molecule is CC(=O)OC1CCCCC1c1cccc(OCc2c3ccccc3cc3ccccc23)c1. The summed E-state index contributed by atoms with van der Waals surface area (Å²) in [5.41, 5.74) is 2.40. The minimum absolute atomic E-state index is 0.0430. The van der Waals surface area contributed by atoms with Crippen molar-refractivity contribution in [2.75, 3.05) is 0 Å². The summed E-state index contributed by atoms with van der Waals surface area (Å²) in [7, 11) is 0. The van der Waals surface area contributed by atoms with E-state index >= 15 is 0 Å². The molecule has 3 nitrogen and oxygen atoms in total. The lowest BCUT2D eigenvalue weighted by Gasteiger charge is -2.31. The highest BCUT2D eigenvalue weighted by Crippen LogP contribution is 2.37. The molecule has 2 unspecified atom stereocenters. The molecule has 1 fully saturated rings. The quantitative estimate of drug-likeness (QED) is 0.252. The molecule has 162 valence electrons. The summed E-state index contributed by atoms with van der Waals surface area (Å²) in [6.45, 7) is 2.00. The van der Waals surface area contributed by atoms with Crippen LogP contribution in [0.2, 0.25) is 0 Å². The first-order valence-corrected chi connectivity index (χ1v) is 11.5. The summed E-state index contributed by atoms with van der Waals surface area (Å²) >= 11 is 0. The van der Waals surface area contributed by atoms with Crippen molar-refractivity contribution in [3.8, 4) is 5.75 Å². The molecule has 32 heavy (non-hydrogen) atoms. The molecule has 0 aromatic heterocycles. The molecule has 4 aromatic rings. The summed E-state index contributed by atoms with van der Waals surface area (Å²) in [6.07, 6.45) is 4.19.